The number of nitrogens with one attached hydrogen (secondary N) is 1. The number of methoxy groups -OCH3 is 6. The normalized spacial score (nSPS) is 10.9. The molecule has 0 saturated carbocycles. The van der Waals surface area contributed by atoms with E-state index in [2.05, 4.69) is 9.98 Å². The van der Waals surface area contributed by atoms with Crippen LogP contribution < -0.4 is 28.4 Å². The highest BCUT2D eigenvalue weighted by molar-refractivity contribution is 5.98. The third-order valence-electron chi connectivity index (χ3n) is 4.05. The van der Waals surface area contributed by atoms with Crippen LogP contribution in [0.25, 0.3) is 0 Å². The lowest BCUT2D eigenvalue weighted by Crippen LogP contribution is -1.98. The van der Waals surface area contributed by atoms with Crippen LogP contribution in [0.1, 0.15) is 11.1 Å². The second-order valence-electron chi connectivity index (χ2n) is 5.76. The zero-order chi connectivity index (χ0) is 22.1. The van der Waals surface area contributed by atoms with Crippen molar-refractivity contribution in [1.82, 2.24) is 0 Å². The lowest BCUT2D eigenvalue weighted by molar-refractivity contribution is 0.324. The second-order valence-corrected chi connectivity index (χ2v) is 5.76. The number of rotatable bonds is 8. The predicted molar refractivity (Wildman–Crippen MR) is 115 cm³/mol. The highest BCUT2D eigenvalue weighted by Crippen LogP contribution is 2.38. The highest BCUT2D eigenvalue weighted by Gasteiger charge is 2.13. The van der Waals surface area contributed by atoms with Gasteiger partial charge in [-0.05, 0) is 24.3 Å². The molecule has 0 heterocycles. The third-order valence-corrected chi connectivity index (χ3v) is 4.05. The number of ether oxygens (including phenoxy) is 6. The van der Waals surface area contributed by atoms with Crippen molar-refractivity contribution in [1.29, 1.82) is 5.41 Å². The largest absolute Gasteiger partial charge is 0.493 e. The van der Waals surface area contributed by atoms with E-state index in [1.807, 2.05) is 0 Å². The van der Waals surface area contributed by atoms with E-state index in [0.717, 1.165) is 0 Å². The van der Waals surface area contributed by atoms with Crippen LogP contribution in [0.15, 0.2) is 34.3 Å². The minimum atomic E-state index is -0.197. The van der Waals surface area contributed by atoms with Gasteiger partial charge in [-0.15, -0.1) is 0 Å². The summed E-state index contributed by atoms with van der Waals surface area (Å²) in [5.74, 6) is 2.73. The minimum Gasteiger partial charge on any atom is -0.493 e. The molecule has 2 aromatic carbocycles. The predicted octanol–water partition coefficient (Wildman–Crippen LogP) is 3.21. The summed E-state index contributed by atoms with van der Waals surface area (Å²) in [6.07, 6.45) is 2.97. The van der Waals surface area contributed by atoms with E-state index in [4.69, 9.17) is 33.8 Å². The molecule has 160 valence electrons. The second kappa shape index (κ2) is 10.7. The number of nitrogens with zero attached hydrogens (tertiary/aromatic N) is 2. The molecule has 0 saturated heterocycles. The van der Waals surface area contributed by atoms with Crippen LogP contribution in [-0.4, -0.2) is 61.0 Å². The Kier molecular flexibility index (Phi) is 8.04. The maximum Gasteiger partial charge on any atom is 0.241 e. The lowest BCUT2D eigenvalue weighted by atomic mass is 10.2. The molecule has 0 spiro atoms. The molecular formula is C21H25N3O6. The molecule has 30 heavy (non-hydrogen) atoms. The lowest BCUT2D eigenvalue weighted by Gasteiger charge is -2.12. The highest BCUT2D eigenvalue weighted by atomic mass is 16.5. The zero-order valence-electron chi connectivity index (χ0n) is 17.8. The van der Waals surface area contributed by atoms with Crippen molar-refractivity contribution in [2.24, 2.45) is 9.98 Å². The van der Waals surface area contributed by atoms with Gasteiger partial charge in [0.15, 0.2) is 23.0 Å². The van der Waals surface area contributed by atoms with Crippen LogP contribution in [0.3, 0.4) is 0 Å². The summed E-state index contributed by atoms with van der Waals surface area (Å²) in [6, 6.07) is 6.89. The maximum atomic E-state index is 7.97. The molecule has 0 aliphatic rings. The van der Waals surface area contributed by atoms with Crippen LogP contribution in [0.4, 0.5) is 0 Å². The fraction of sp³-hybridized carbons (Fsp3) is 0.286. The van der Waals surface area contributed by atoms with Gasteiger partial charge in [0.2, 0.25) is 17.5 Å². The van der Waals surface area contributed by atoms with Gasteiger partial charge in [-0.2, -0.15) is 0 Å². The van der Waals surface area contributed by atoms with Crippen molar-refractivity contribution >= 4 is 18.4 Å². The first-order valence-corrected chi connectivity index (χ1v) is 8.77. The van der Waals surface area contributed by atoms with Gasteiger partial charge in [0.05, 0.1) is 42.7 Å². The Morgan fingerprint density at radius 3 is 1.13 bits per heavy atom. The van der Waals surface area contributed by atoms with Crippen molar-refractivity contribution in [3.05, 3.63) is 35.4 Å². The Labute approximate surface area is 175 Å². The molecule has 0 fully saturated rings. The molecule has 0 bridgehead atoms. The quantitative estimate of drug-likeness (QED) is 0.524. The van der Waals surface area contributed by atoms with Crippen molar-refractivity contribution < 1.29 is 28.4 Å². The number of hydrogen-bond acceptors (Lipinski definition) is 7. The van der Waals surface area contributed by atoms with Gasteiger partial charge in [-0.1, -0.05) is 0 Å². The summed E-state index contributed by atoms with van der Waals surface area (Å²) >= 11 is 0. The van der Waals surface area contributed by atoms with Crippen molar-refractivity contribution in [3.8, 4) is 34.5 Å². The fourth-order valence-electron chi connectivity index (χ4n) is 2.66. The number of benzene rings is 2. The van der Waals surface area contributed by atoms with Crippen molar-refractivity contribution in [2.45, 2.75) is 0 Å². The van der Waals surface area contributed by atoms with Gasteiger partial charge < -0.3 is 28.4 Å². The van der Waals surface area contributed by atoms with Gasteiger partial charge >= 0.3 is 0 Å². The van der Waals surface area contributed by atoms with Gasteiger partial charge in [-0.25, -0.2) is 9.98 Å². The summed E-state index contributed by atoms with van der Waals surface area (Å²) in [5, 5.41) is 7.97. The molecule has 0 aromatic heterocycles. The summed E-state index contributed by atoms with van der Waals surface area (Å²) in [7, 11) is 9.18. The number of guanidine groups is 1. The fourth-order valence-corrected chi connectivity index (χ4v) is 2.66. The summed E-state index contributed by atoms with van der Waals surface area (Å²) in [5.41, 5.74) is 1.33. The van der Waals surface area contributed by atoms with Gasteiger partial charge in [0.1, 0.15) is 0 Å². The SMILES string of the molecule is COc1cc(C=NC(=N)N=Cc2cc(OC)c(OC)c(OC)c2)cc(OC)c1OC. The topological polar surface area (TPSA) is 104 Å². The van der Waals surface area contributed by atoms with E-state index in [1.165, 1.54) is 55.1 Å². The van der Waals surface area contributed by atoms with Crippen LogP contribution in [0.5, 0.6) is 34.5 Å². The van der Waals surface area contributed by atoms with Crippen LogP contribution in [0.2, 0.25) is 0 Å². The molecule has 2 aromatic rings. The van der Waals surface area contributed by atoms with Crippen molar-refractivity contribution in [2.75, 3.05) is 42.7 Å². The van der Waals surface area contributed by atoms with E-state index in [-0.39, 0.29) is 5.96 Å². The number of aliphatic imine (C=N–C) groups is 2. The van der Waals surface area contributed by atoms with Crippen LogP contribution in [-0.2, 0) is 0 Å². The van der Waals surface area contributed by atoms with Crippen LogP contribution >= 0.6 is 0 Å². The zero-order valence-corrected chi connectivity index (χ0v) is 17.8. The van der Waals surface area contributed by atoms with Crippen molar-refractivity contribution in [3.63, 3.8) is 0 Å². The molecule has 0 aliphatic heterocycles. The standard InChI is InChI=1S/C21H25N3O6/c1-25-15-7-13(8-16(26-2)19(15)29-5)11-23-21(22)24-12-14-9-17(27-3)20(30-6)18(10-14)28-4/h7-12,22H,1-6H3. The van der Waals surface area contributed by atoms with E-state index in [9.17, 15) is 0 Å². The molecule has 9 heteroatoms. The summed E-state index contributed by atoms with van der Waals surface area (Å²) < 4.78 is 31.8. The van der Waals surface area contributed by atoms with Gasteiger partial charge in [0.25, 0.3) is 0 Å². The first-order valence-electron chi connectivity index (χ1n) is 8.77. The maximum absolute atomic E-state index is 7.97. The molecule has 2 rings (SSSR count). The van der Waals surface area contributed by atoms with Gasteiger partial charge in [-0.3, -0.25) is 5.41 Å². The Bertz CT molecular complexity index is 830. The third kappa shape index (κ3) is 5.19. The monoisotopic (exact) mass is 415 g/mol. The first-order chi connectivity index (χ1) is 14.5. The molecule has 0 amide bonds. The average Bonchev–Trinajstić information content (AvgIpc) is 2.79. The molecule has 9 nitrogen and oxygen atoms in total. The van der Waals surface area contributed by atoms with E-state index >= 15 is 0 Å². The summed E-state index contributed by atoms with van der Waals surface area (Å²) in [4.78, 5) is 8.11. The Morgan fingerprint density at radius 2 is 0.900 bits per heavy atom. The molecule has 0 unspecified atom stereocenters. The Balaban J connectivity index is 2.23. The summed E-state index contributed by atoms with van der Waals surface area (Å²) in [6.45, 7) is 0. The molecule has 0 atom stereocenters. The first kappa shape index (κ1) is 22.5. The molecule has 0 aliphatic carbocycles. The molecular weight excluding hydrogens is 390 g/mol. The van der Waals surface area contributed by atoms with Crippen LogP contribution in [0, 0.1) is 5.41 Å². The smallest absolute Gasteiger partial charge is 0.241 e. The molecule has 0 radical (unpaired) electrons. The molecule has 1 N–H and O–H groups in total. The minimum absolute atomic E-state index is 0.197. The van der Waals surface area contributed by atoms with Gasteiger partial charge in [0, 0.05) is 23.6 Å². The number of hydrogen-bond donors (Lipinski definition) is 1. The van der Waals surface area contributed by atoms with E-state index < -0.39 is 0 Å². The van der Waals surface area contributed by atoms with E-state index in [0.29, 0.717) is 45.6 Å². The van der Waals surface area contributed by atoms with E-state index in [1.54, 1.807) is 24.3 Å². The Morgan fingerprint density at radius 1 is 0.600 bits per heavy atom. The average molecular weight is 415 g/mol. The Hall–Kier alpha value is -3.75.